The van der Waals surface area contributed by atoms with Crippen LogP contribution in [-0.2, 0) is 0 Å². The molecule has 5 heteroatoms. The van der Waals surface area contributed by atoms with Gasteiger partial charge in [-0.2, -0.15) is 0 Å². The summed E-state index contributed by atoms with van der Waals surface area (Å²) in [6.45, 7) is 1.57. The van der Waals surface area contributed by atoms with Crippen LogP contribution >= 0.6 is 15.9 Å². The van der Waals surface area contributed by atoms with E-state index in [-0.39, 0.29) is 24.3 Å². The molecule has 1 rings (SSSR count). The van der Waals surface area contributed by atoms with Crippen molar-refractivity contribution in [1.82, 2.24) is 5.32 Å². The van der Waals surface area contributed by atoms with E-state index in [1.54, 1.807) is 19.1 Å². The van der Waals surface area contributed by atoms with Gasteiger partial charge < -0.3 is 15.5 Å². The number of nitrogens with one attached hydrogen (secondary N) is 1. The first-order chi connectivity index (χ1) is 7.04. The molecule has 0 aliphatic rings. The normalized spacial score (nSPS) is 12.2. The van der Waals surface area contributed by atoms with E-state index in [0.29, 0.717) is 10.0 Å². The molecule has 0 saturated carbocycles. The summed E-state index contributed by atoms with van der Waals surface area (Å²) in [5.74, 6) is -0.307. The molecular formula is C10H12BrNO3. The summed E-state index contributed by atoms with van der Waals surface area (Å²) < 4.78 is 0.536. The van der Waals surface area contributed by atoms with Crippen molar-refractivity contribution in [3.63, 3.8) is 0 Å². The van der Waals surface area contributed by atoms with Gasteiger partial charge in [-0.25, -0.2) is 0 Å². The number of aliphatic hydroxyl groups is 1. The molecule has 0 aliphatic heterocycles. The van der Waals surface area contributed by atoms with E-state index in [1.165, 1.54) is 6.07 Å². The van der Waals surface area contributed by atoms with E-state index in [2.05, 4.69) is 21.2 Å². The molecule has 0 spiro atoms. The van der Waals surface area contributed by atoms with E-state index in [9.17, 15) is 9.90 Å². The zero-order valence-electron chi connectivity index (χ0n) is 8.20. The molecule has 1 aromatic carbocycles. The minimum Gasteiger partial charge on any atom is -0.507 e. The molecule has 0 aromatic heterocycles. The van der Waals surface area contributed by atoms with Gasteiger partial charge in [-0.3, -0.25) is 4.79 Å². The number of phenolic OH excluding ortho intramolecular Hbond substituents is 1. The third kappa shape index (κ3) is 3.21. The summed E-state index contributed by atoms with van der Waals surface area (Å²) in [7, 11) is 0. The van der Waals surface area contributed by atoms with Gasteiger partial charge in [0.05, 0.1) is 11.1 Å². The molecule has 1 aromatic rings. The van der Waals surface area contributed by atoms with Crippen molar-refractivity contribution >= 4 is 21.8 Å². The van der Waals surface area contributed by atoms with Crippen molar-refractivity contribution in [3.8, 4) is 5.75 Å². The average Bonchev–Trinajstić information content (AvgIpc) is 2.21. The SMILES string of the molecule is CC(CO)NC(=O)c1ccc(Br)c(O)c1. The maximum absolute atomic E-state index is 11.5. The molecule has 0 fully saturated rings. The number of amides is 1. The summed E-state index contributed by atoms with van der Waals surface area (Å²) in [6, 6.07) is 4.24. The lowest BCUT2D eigenvalue weighted by atomic mass is 10.2. The maximum atomic E-state index is 11.5. The van der Waals surface area contributed by atoms with Crippen LogP contribution in [0.4, 0.5) is 0 Å². The van der Waals surface area contributed by atoms with Crippen molar-refractivity contribution in [2.75, 3.05) is 6.61 Å². The summed E-state index contributed by atoms with van der Waals surface area (Å²) in [6.07, 6.45) is 0. The molecule has 1 unspecified atom stereocenters. The lowest BCUT2D eigenvalue weighted by Crippen LogP contribution is -2.34. The fourth-order valence-corrected chi connectivity index (χ4v) is 1.25. The van der Waals surface area contributed by atoms with Crippen molar-refractivity contribution in [2.24, 2.45) is 0 Å². The van der Waals surface area contributed by atoms with E-state index in [4.69, 9.17) is 5.11 Å². The Bertz CT molecular complexity index is 368. The van der Waals surface area contributed by atoms with Crippen molar-refractivity contribution < 1.29 is 15.0 Å². The molecule has 0 aliphatic carbocycles. The second-order valence-corrected chi connectivity index (χ2v) is 4.08. The Morgan fingerprint density at radius 2 is 2.27 bits per heavy atom. The molecule has 0 heterocycles. The Kier molecular flexibility index (Phi) is 4.11. The van der Waals surface area contributed by atoms with Crippen LogP contribution in [0.15, 0.2) is 22.7 Å². The third-order valence-corrected chi connectivity index (χ3v) is 2.53. The minimum atomic E-state index is -0.320. The Morgan fingerprint density at radius 3 is 2.80 bits per heavy atom. The van der Waals surface area contributed by atoms with Crippen LogP contribution < -0.4 is 5.32 Å². The molecule has 4 nitrogen and oxygen atoms in total. The van der Waals surface area contributed by atoms with Crippen LogP contribution in [0.5, 0.6) is 5.75 Å². The molecule has 15 heavy (non-hydrogen) atoms. The predicted molar refractivity (Wildman–Crippen MR) is 59.8 cm³/mol. The first-order valence-corrected chi connectivity index (χ1v) is 5.24. The molecule has 3 N–H and O–H groups in total. The van der Waals surface area contributed by atoms with Crippen molar-refractivity contribution in [3.05, 3.63) is 28.2 Å². The molecule has 82 valence electrons. The van der Waals surface area contributed by atoms with Gasteiger partial charge in [0.25, 0.3) is 5.91 Å². The summed E-state index contributed by atoms with van der Waals surface area (Å²) in [5, 5.41) is 20.7. The highest BCUT2D eigenvalue weighted by molar-refractivity contribution is 9.10. The molecular weight excluding hydrogens is 262 g/mol. The van der Waals surface area contributed by atoms with Gasteiger partial charge in [-0.1, -0.05) is 0 Å². The van der Waals surface area contributed by atoms with Crippen LogP contribution in [0.25, 0.3) is 0 Å². The standard InChI is InChI=1S/C10H12BrNO3/c1-6(5-13)12-10(15)7-2-3-8(11)9(14)4-7/h2-4,6,13-14H,5H2,1H3,(H,12,15). The van der Waals surface area contributed by atoms with Crippen LogP contribution in [0.1, 0.15) is 17.3 Å². The van der Waals surface area contributed by atoms with Gasteiger partial charge >= 0.3 is 0 Å². The quantitative estimate of drug-likeness (QED) is 0.777. The number of carbonyl (C=O) groups is 1. The zero-order valence-corrected chi connectivity index (χ0v) is 9.78. The third-order valence-electron chi connectivity index (χ3n) is 1.86. The average molecular weight is 274 g/mol. The summed E-state index contributed by atoms with van der Waals surface area (Å²) in [5.41, 5.74) is 0.357. The number of hydrogen-bond donors (Lipinski definition) is 3. The zero-order chi connectivity index (χ0) is 11.4. The fourth-order valence-electron chi connectivity index (χ4n) is 1.01. The number of aliphatic hydroxyl groups excluding tert-OH is 1. The lowest BCUT2D eigenvalue weighted by Gasteiger charge is -2.10. The Morgan fingerprint density at radius 1 is 1.60 bits per heavy atom. The first kappa shape index (κ1) is 12.0. The summed E-state index contributed by atoms with van der Waals surface area (Å²) in [4.78, 5) is 11.5. The van der Waals surface area contributed by atoms with Gasteiger partial charge in [0.15, 0.2) is 0 Å². The number of hydrogen-bond acceptors (Lipinski definition) is 3. The van der Waals surface area contributed by atoms with Gasteiger partial charge in [-0.05, 0) is 41.1 Å². The second-order valence-electron chi connectivity index (χ2n) is 3.22. The molecule has 0 bridgehead atoms. The monoisotopic (exact) mass is 273 g/mol. The highest BCUT2D eigenvalue weighted by atomic mass is 79.9. The van der Waals surface area contributed by atoms with Crippen molar-refractivity contribution in [2.45, 2.75) is 13.0 Å². The van der Waals surface area contributed by atoms with E-state index < -0.39 is 0 Å². The molecule has 1 amide bonds. The smallest absolute Gasteiger partial charge is 0.251 e. The Balaban J connectivity index is 2.78. The first-order valence-electron chi connectivity index (χ1n) is 4.45. The largest absolute Gasteiger partial charge is 0.507 e. The van der Waals surface area contributed by atoms with Crippen molar-refractivity contribution in [1.29, 1.82) is 0 Å². The second kappa shape index (κ2) is 5.14. The molecule has 0 saturated heterocycles. The topological polar surface area (TPSA) is 69.6 Å². The van der Waals surface area contributed by atoms with Gasteiger partial charge in [0.2, 0.25) is 0 Å². The number of phenols is 1. The highest BCUT2D eigenvalue weighted by Gasteiger charge is 2.10. The summed E-state index contributed by atoms with van der Waals surface area (Å²) >= 11 is 3.12. The fraction of sp³-hybridized carbons (Fsp3) is 0.300. The number of rotatable bonds is 3. The van der Waals surface area contributed by atoms with Crippen LogP contribution in [-0.4, -0.2) is 28.8 Å². The van der Waals surface area contributed by atoms with Crippen LogP contribution in [0.3, 0.4) is 0 Å². The van der Waals surface area contributed by atoms with Gasteiger partial charge in [0, 0.05) is 11.6 Å². The van der Waals surface area contributed by atoms with Gasteiger partial charge in [0.1, 0.15) is 5.75 Å². The van der Waals surface area contributed by atoms with Crippen LogP contribution in [0.2, 0.25) is 0 Å². The predicted octanol–water partition coefficient (Wildman–Crippen LogP) is 1.27. The molecule has 0 radical (unpaired) electrons. The number of halogens is 1. The number of carbonyl (C=O) groups excluding carboxylic acids is 1. The number of benzene rings is 1. The minimum absolute atomic E-state index is 0.0132. The molecule has 1 atom stereocenters. The Hall–Kier alpha value is -1.07. The van der Waals surface area contributed by atoms with Crippen LogP contribution in [0, 0.1) is 0 Å². The lowest BCUT2D eigenvalue weighted by molar-refractivity contribution is 0.0922. The Labute approximate surface area is 96.1 Å². The maximum Gasteiger partial charge on any atom is 0.251 e. The van der Waals surface area contributed by atoms with E-state index >= 15 is 0 Å². The van der Waals surface area contributed by atoms with E-state index in [0.717, 1.165) is 0 Å². The van der Waals surface area contributed by atoms with Gasteiger partial charge in [-0.15, -0.1) is 0 Å². The number of aromatic hydroxyl groups is 1. The highest BCUT2D eigenvalue weighted by Crippen LogP contribution is 2.24. The van der Waals surface area contributed by atoms with E-state index in [1.807, 2.05) is 0 Å².